The standard InChI is InChI=1S/C18H16FN5O3/c1-12(17(25)20-10-13-2-6-15(19)7-3-13)27-18(26)14-4-8-16(9-5-14)24-11-21-22-23-24/h2-9,11-12H,10H2,1H3,(H,20,25). The summed E-state index contributed by atoms with van der Waals surface area (Å²) < 4.78 is 19.5. The van der Waals surface area contributed by atoms with Crippen LogP contribution in [0.25, 0.3) is 5.69 Å². The summed E-state index contributed by atoms with van der Waals surface area (Å²) in [6, 6.07) is 12.2. The summed E-state index contributed by atoms with van der Waals surface area (Å²) in [5.74, 6) is -1.42. The fraction of sp³-hybridized carbons (Fsp3) is 0.167. The molecule has 1 unspecified atom stereocenters. The van der Waals surface area contributed by atoms with Crippen molar-refractivity contribution in [3.8, 4) is 5.69 Å². The molecular formula is C18H16FN5O3. The van der Waals surface area contributed by atoms with E-state index in [1.807, 2.05) is 0 Å². The number of nitrogens with one attached hydrogen (secondary N) is 1. The maximum Gasteiger partial charge on any atom is 0.338 e. The molecule has 138 valence electrons. The third-order valence-electron chi connectivity index (χ3n) is 3.75. The quantitative estimate of drug-likeness (QED) is 0.664. The Bertz CT molecular complexity index is 911. The predicted octanol–water partition coefficient (Wildman–Crippen LogP) is 1.66. The van der Waals surface area contributed by atoms with Crippen LogP contribution in [0.15, 0.2) is 54.9 Å². The average molecular weight is 369 g/mol. The zero-order chi connectivity index (χ0) is 19.2. The van der Waals surface area contributed by atoms with Gasteiger partial charge in [-0.15, -0.1) is 5.10 Å². The molecule has 0 radical (unpaired) electrons. The summed E-state index contributed by atoms with van der Waals surface area (Å²) in [5.41, 5.74) is 1.72. The maximum absolute atomic E-state index is 12.9. The first-order valence-corrected chi connectivity index (χ1v) is 8.09. The summed E-state index contributed by atoms with van der Waals surface area (Å²) >= 11 is 0. The molecule has 0 spiro atoms. The lowest BCUT2D eigenvalue weighted by atomic mass is 10.2. The van der Waals surface area contributed by atoms with Crippen LogP contribution in [0.2, 0.25) is 0 Å². The normalized spacial score (nSPS) is 11.6. The minimum atomic E-state index is -0.975. The first kappa shape index (κ1) is 18.2. The molecule has 9 heteroatoms. The molecule has 0 fully saturated rings. The molecule has 27 heavy (non-hydrogen) atoms. The number of rotatable bonds is 6. The molecule has 8 nitrogen and oxygen atoms in total. The second-order valence-electron chi connectivity index (χ2n) is 5.69. The Morgan fingerprint density at radius 1 is 1.15 bits per heavy atom. The highest BCUT2D eigenvalue weighted by atomic mass is 19.1. The van der Waals surface area contributed by atoms with Crippen LogP contribution in [0.3, 0.4) is 0 Å². The minimum absolute atomic E-state index is 0.210. The van der Waals surface area contributed by atoms with Gasteiger partial charge in [-0.3, -0.25) is 4.79 Å². The lowest BCUT2D eigenvalue weighted by Crippen LogP contribution is -2.35. The van der Waals surface area contributed by atoms with E-state index in [1.54, 1.807) is 36.4 Å². The average Bonchev–Trinajstić information content (AvgIpc) is 3.22. The molecule has 1 aromatic heterocycles. The van der Waals surface area contributed by atoms with Gasteiger partial charge in [0.1, 0.15) is 12.1 Å². The van der Waals surface area contributed by atoms with Crippen LogP contribution in [-0.2, 0) is 16.1 Å². The van der Waals surface area contributed by atoms with Crippen molar-refractivity contribution in [3.05, 3.63) is 71.8 Å². The number of halogens is 1. The fourth-order valence-electron chi connectivity index (χ4n) is 2.25. The van der Waals surface area contributed by atoms with Gasteiger partial charge < -0.3 is 10.1 Å². The Labute approximate surface area is 154 Å². The minimum Gasteiger partial charge on any atom is -0.449 e. The molecule has 0 saturated carbocycles. The van der Waals surface area contributed by atoms with Gasteiger partial charge in [0, 0.05) is 6.54 Å². The molecule has 0 aliphatic heterocycles. The van der Waals surface area contributed by atoms with E-state index >= 15 is 0 Å². The summed E-state index contributed by atoms with van der Waals surface area (Å²) in [6.07, 6.45) is 0.457. The smallest absolute Gasteiger partial charge is 0.338 e. The summed E-state index contributed by atoms with van der Waals surface area (Å²) in [4.78, 5) is 24.2. The molecule has 0 aliphatic carbocycles. The van der Waals surface area contributed by atoms with Crippen molar-refractivity contribution in [2.24, 2.45) is 0 Å². The van der Waals surface area contributed by atoms with Crippen molar-refractivity contribution in [2.45, 2.75) is 19.6 Å². The van der Waals surface area contributed by atoms with Gasteiger partial charge in [-0.25, -0.2) is 13.9 Å². The molecule has 0 saturated heterocycles. The van der Waals surface area contributed by atoms with Gasteiger partial charge in [0.05, 0.1) is 11.3 Å². The van der Waals surface area contributed by atoms with Crippen LogP contribution in [0.4, 0.5) is 4.39 Å². The van der Waals surface area contributed by atoms with Crippen molar-refractivity contribution in [1.29, 1.82) is 0 Å². The summed E-state index contributed by atoms with van der Waals surface area (Å²) in [6.45, 7) is 1.69. The van der Waals surface area contributed by atoms with Gasteiger partial charge in [-0.05, 0) is 59.3 Å². The Balaban J connectivity index is 1.53. The predicted molar refractivity (Wildman–Crippen MR) is 92.3 cm³/mol. The molecule has 3 rings (SSSR count). The van der Waals surface area contributed by atoms with Gasteiger partial charge in [0.15, 0.2) is 6.10 Å². The lowest BCUT2D eigenvalue weighted by Gasteiger charge is -2.14. The molecule has 1 atom stereocenters. The van der Waals surface area contributed by atoms with Gasteiger partial charge in [-0.1, -0.05) is 12.1 Å². The zero-order valence-corrected chi connectivity index (χ0v) is 14.4. The van der Waals surface area contributed by atoms with Gasteiger partial charge in [0.25, 0.3) is 5.91 Å². The van der Waals surface area contributed by atoms with E-state index in [9.17, 15) is 14.0 Å². The maximum atomic E-state index is 12.9. The van der Waals surface area contributed by atoms with Crippen LogP contribution in [0.5, 0.6) is 0 Å². The third kappa shape index (κ3) is 4.72. The number of amides is 1. The third-order valence-corrected chi connectivity index (χ3v) is 3.75. The molecule has 1 amide bonds. The Morgan fingerprint density at radius 2 is 1.85 bits per heavy atom. The van der Waals surface area contributed by atoms with E-state index in [2.05, 4.69) is 20.8 Å². The van der Waals surface area contributed by atoms with Crippen LogP contribution in [-0.4, -0.2) is 38.2 Å². The highest BCUT2D eigenvalue weighted by Gasteiger charge is 2.18. The van der Waals surface area contributed by atoms with E-state index in [4.69, 9.17) is 4.74 Å². The highest BCUT2D eigenvalue weighted by Crippen LogP contribution is 2.10. The molecule has 0 aliphatic rings. The molecule has 2 aromatic carbocycles. The number of esters is 1. The number of ether oxygens (including phenoxy) is 1. The SMILES string of the molecule is CC(OC(=O)c1ccc(-n2cnnn2)cc1)C(=O)NCc1ccc(F)cc1. The first-order chi connectivity index (χ1) is 13.0. The monoisotopic (exact) mass is 369 g/mol. The van der Waals surface area contributed by atoms with Crippen molar-refractivity contribution in [3.63, 3.8) is 0 Å². The van der Waals surface area contributed by atoms with E-state index in [1.165, 1.54) is 30.1 Å². The number of tetrazole rings is 1. The molecule has 1 N–H and O–H groups in total. The summed E-state index contributed by atoms with van der Waals surface area (Å²) in [5, 5.41) is 13.5. The molecule has 3 aromatic rings. The molecule has 1 heterocycles. The molecule has 0 bridgehead atoms. The highest BCUT2D eigenvalue weighted by molar-refractivity contribution is 5.92. The van der Waals surface area contributed by atoms with Gasteiger partial charge >= 0.3 is 5.97 Å². The van der Waals surface area contributed by atoms with Crippen LogP contribution in [0, 0.1) is 5.82 Å². The number of carbonyl (C=O) groups is 2. The van der Waals surface area contributed by atoms with Gasteiger partial charge in [-0.2, -0.15) is 0 Å². The Kier molecular flexibility index (Phi) is 5.50. The van der Waals surface area contributed by atoms with Crippen LogP contribution < -0.4 is 5.32 Å². The van der Waals surface area contributed by atoms with Gasteiger partial charge in [0.2, 0.25) is 0 Å². The largest absolute Gasteiger partial charge is 0.449 e. The Hall–Kier alpha value is -3.62. The second-order valence-corrected chi connectivity index (χ2v) is 5.69. The second kappa shape index (κ2) is 8.17. The number of carbonyl (C=O) groups excluding carboxylic acids is 2. The van der Waals surface area contributed by atoms with Crippen molar-refractivity contribution < 1.29 is 18.7 Å². The fourth-order valence-corrected chi connectivity index (χ4v) is 2.25. The lowest BCUT2D eigenvalue weighted by molar-refractivity contribution is -0.129. The van der Waals surface area contributed by atoms with Crippen molar-refractivity contribution in [1.82, 2.24) is 25.5 Å². The molecular weight excluding hydrogens is 353 g/mol. The Morgan fingerprint density at radius 3 is 2.48 bits per heavy atom. The van der Waals surface area contributed by atoms with E-state index in [0.29, 0.717) is 11.3 Å². The number of hydrogen-bond acceptors (Lipinski definition) is 6. The van der Waals surface area contributed by atoms with Crippen molar-refractivity contribution >= 4 is 11.9 Å². The number of hydrogen-bond donors (Lipinski definition) is 1. The van der Waals surface area contributed by atoms with E-state index in [-0.39, 0.29) is 12.4 Å². The van der Waals surface area contributed by atoms with E-state index < -0.39 is 18.0 Å². The van der Waals surface area contributed by atoms with Crippen molar-refractivity contribution in [2.75, 3.05) is 0 Å². The van der Waals surface area contributed by atoms with Crippen LogP contribution in [0.1, 0.15) is 22.8 Å². The number of aromatic nitrogens is 4. The zero-order valence-electron chi connectivity index (χ0n) is 14.4. The number of benzene rings is 2. The number of nitrogens with zero attached hydrogens (tertiary/aromatic N) is 4. The topological polar surface area (TPSA) is 99.0 Å². The summed E-state index contributed by atoms with van der Waals surface area (Å²) in [7, 11) is 0. The van der Waals surface area contributed by atoms with Crippen LogP contribution >= 0.6 is 0 Å². The first-order valence-electron chi connectivity index (χ1n) is 8.09. The van der Waals surface area contributed by atoms with E-state index in [0.717, 1.165) is 5.56 Å².